The molecule has 188 valence electrons. The van der Waals surface area contributed by atoms with Crippen LogP contribution >= 0.6 is 11.5 Å². The number of aliphatic hydroxyl groups is 1. The van der Waals surface area contributed by atoms with Crippen LogP contribution in [0.1, 0.15) is 42.5 Å². The quantitative estimate of drug-likeness (QED) is 0.252. The van der Waals surface area contributed by atoms with E-state index in [1.807, 2.05) is 24.3 Å². The average Bonchev–Trinajstić information content (AvgIpc) is 3.25. The van der Waals surface area contributed by atoms with E-state index in [0.717, 1.165) is 38.6 Å². The maximum absolute atomic E-state index is 9.93. The Morgan fingerprint density at radius 3 is 2.19 bits per heavy atom. The van der Waals surface area contributed by atoms with Crippen molar-refractivity contribution in [3.05, 3.63) is 82.9 Å². The molecule has 4 rings (SSSR count). The van der Waals surface area contributed by atoms with Gasteiger partial charge in [-0.1, -0.05) is 18.2 Å². The van der Waals surface area contributed by atoms with Gasteiger partial charge in [-0.2, -0.15) is 4.37 Å². The molecule has 0 aliphatic carbocycles. The Labute approximate surface area is 217 Å². The summed E-state index contributed by atoms with van der Waals surface area (Å²) in [6.07, 6.45) is 0.575. The fourth-order valence-electron chi connectivity index (χ4n) is 4.24. The molecule has 0 radical (unpaired) electrons. The average molecular weight is 504 g/mol. The lowest BCUT2D eigenvalue weighted by Gasteiger charge is -2.19. The van der Waals surface area contributed by atoms with Crippen LogP contribution in [-0.4, -0.2) is 26.8 Å². The molecule has 0 saturated heterocycles. The van der Waals surface area contributed by atoms with Gasteiger partial charge in [0, 0.05) is 12.5 Å². The highest BCUT2D eigenvalue weighted by atomic mass is 32.1. The molecule has 0 fully saturated rings. The van der Waals surface area contributed by atoms with Gasteiger partial charge in [-0.25, -0.2) is 0 Å². The van der Waals surface area contributed by atoms with Crippen LogP contribution in [0.25, 0.3) is 21.6 Å². The molecule has 0 amide bonds. The van der Waals surface area contributed by atoms with Crippen LogP contribution < -0.4 is 9.47 Å². The number of benzene rings is 3. The van der Waals surface area contributed by atoms with Crippen molar-refractivity contribution in [2.45, 2.75) is 53.2 Å². The molecule has 3 aromatic carbocycles. The van der Waals surface area contributed by atoms with E-state index in [4.69, 9.17) is 9.47 Å². The van der Waals surface area contributed by atoms with Gasteiger partial charge in [0.1, 0.15) is 18.1 Å². The second-order valence-electron chi connectivity index (χ2n) is 9.80. The molecule has 0 unspecified atom stereocenters. The molecular weight excluding hydrogens is 470 g/mol. The van der Waals surface area contributed by atoms with Crippen molar-refractivity contribution in [3.63, 3.8) is 0 Å². The maximum atomic E-state index is 9.93. The number of aromatic hydroxyl groups is 1. The Hall–Kier alpha value is -3.35. The number of hydrogen-bond donors (Lipinski definition) is 2. The van der Waals surface area contributed by atoms with Gasteiger partial charge in [-0.05, 0) is 121 Å². The SMILES string of the molecule is Cc1cc(OCCC(C)(C)O)cc(C)c1-c1cccc(COc2ccc(-c3cc(O)ns3)cc2)c1C. The molecular formula is C30H33NO4S. The molecule has 1 aromatic heterocycles. The highest BCUT2D eigenvalue weighted by molar-refractivity contribution is 7.09. The number of ether oxygens (including phenoxy) is 2. The van der Waals surface area contributed by atoms with Gasteiger partial charge in [-0.15, -0.1) is 0 Å². The summed E-state index contributed by atoms with van der Waals surface area (Å²) in [5.74, 6) is 1.66. The summed E-state index contributed by atoms with van der Waals surface area (Å²) < 4.78 is 16.0. The van der Waals surface area contributed by atoms with Crippen LogP contribution in [0.15, 0.2) is 60.7 Å². The molecule has 4 aromatic rings. The van der Waals surface area contributed by atoms with Crippen molar-refractivity contribution in [2.75, 3.05) is 6.61 Å². The van der Waals surface area contributed by atoms with Crippen molar-refractivity contribution >= 4 is 11.5 Å². The molecule has 6 heteroatoms. The topological polar surface area (TPSA) is 71.8 Å². The van der Waals surface area contributed by atoms with Crippen molar-refractivity contribution in [3.8, 4) is 38.9 Å². The second kappa shape index (κ2) is 10.7. The predicted molar refractivity (Wildman–Crippen MR) is 146 cm³/mol. The van der Waals surface area contributed by atoms with Gasteiger partial charge in [0.2, 0.25) is 5.88 Å². The van der Waals surface area contributed by atoms with Gasteiger partial charge in [0.05, 0.1) is 17.1 Å². The number of hydrogen-bond acceptors (Lipinski definition) is 6. The Balaban J connectivity index is 1.48. The second-order valence-corrected chi connectivity index (χ2v) is 10.6. The Morgan fingerprint density at radius 1 is 0.889 bits per heavy atom. The number of aryl methyl sites for hydroxylation is 2. The summed E-state index contributed by atoms with van der Waals surface area (Å²) >= 11 is 1.27. The molecule has 0 saturated carbocycles. The minimum absolute atomic E-state index is 0.0454. The van der Waals surface area contributed by atoms with E-state index in [9.17, 15) is 10.2 Å². The van der Waals surface area contributed by atoms with Crippen LogP contribution in [0.2, 0.25) is 0 Å². The highest BCUT2D eigenvalue weighted by Gasteiger charge is 2.15. The van der Waals surface area contributed by atoms with Crippen LogP contribution in [-0.2, 0) is 6.61 Å². The summed E-state index contributed by atoms with van der Waals surface area (Å²) in [5.41, 5.74) is 7.28. The molecule has 1 heterocycles. The fourth-order valence-corrected chi connectivity index (χ4v) is 4.88. The van der Waals surface area contributed by atoms with Crippen molar-refractivity contribution < 1.29 is 19.7 Å². The summed E-state index contributed by atoms with van der Waals surface area (Å²) in [4.78, 5) is 0.919. The van der Waals surface area contributed by atoms with Crippen LogP contribution in [0.4, 0.5) is 0 Å². The monoisotopic (exact) mass is 503 g/mol. The van der Waals surface area contributed by atoms with Gasteiger partial charge in [0.25, 0.3) is 0 Å². The minimum atomic E-state index is -0.739. The van der Waals surface area contributed by atoms with Gasteiger partial charge >= 0.3 is 0 Å². The fraction of sp³-hybridized carbons (Fsp3) is 0.300. The number of nitrogens with zero attached hydrogens (tertiary/aromatic N) is 1. The molecule has 0 aliphatic rings. The van der Waals surface area contributed by atoms with Gasteiger partial charge in [0.15, 0.2) is 0 Å². The Morgan fingerprint density at radius 2 is 1.58 bits per heavy atom. The predicted octanol–water partition coefficient (Wildman–Crippen LogP) is 7.23. The van der Waals surface area contributed by atoms with E-state index in [1.165, 1.54) is 28.2 Å². The summed E-state index contributed by atoms with van der Waals surface area (Å²) in [5, 5.41) is 19.4. The van der Waals surface area contributed by atoms with Crippen molar-refractivity contribution in [1.82, 2.24) is 4.37 Å². The van der Waals surface area contributed by atoms with Crippen molar-refractivity contribution in [1.29, 1.82) is 0 Å². The van der Waals surface area contributed by atoms with E-state index in [-0.39, 0.29) is 5.88 Å². The van der Waals surface area contributed by atoms with Gasteiger partial charge in [-0.3, -0.25) is 0 Å². The van der Waals surface area contributed by atoms with E-state index >= 15 is 0 Å². The first kappa shape index (κ1) is 25.7. The summed E-state index contributed by atoms with van der Waals surface area (Å²) in [7, 11) is 0. The Bertz CT molecular complexity index is 1310. The van der Waals surface area contributed by atoms with E-state index < -0.39 is 5.60 Å². The third-order valence-corrected chi connectivity index (χ3v) is 7.06. The molecule has 5 nitrogen and oxygen atoms in total. The minimum Gasteiger partial charge on any atom is -0.493 e. The summed E-state index contributed by atoms with van der Waals surface area (Å²) in [6, 6.07) is 20.0. The van der Waals surface area contributed by atoms with Crippen LogP contribution in [0, 0.1) is 20.8 Å². The van der Waals surface area contributed by atoms with E-state index in [0.29, 0.717) is 19.6 Å². The van der Waals surface area contributed by atoms with E-state index in [2.05, 4.69) is 55.5 Å². The molecule has 0 atom stereocenters. The lowest BCUT2D eigenvalue weighted by Crippen LogP contribution is -2.21. The first-order chi connectivity index (χ1) is 17.1. The maximum Gasteiger partial charge on any atom is 0.223 e. The number of aromatic nitrogens is 1. The molecule has 0 bridgehead atoms. The molecule has 0 aliphatic heterocycles. The molecule has 0 spiro atoms. The largest absolute Gasteiger partial charge is 0.493 e. The standard InChI is InChI=1S/C30H33NO4S/c1-19-15-25(34-14-13-30(4,5)33)16-20(2)29(19)26-8-6-7-23(21(26)3)18-35-24-11-9-22(10-12-24)27-17-28(32)31-36-27/h6-12,15-17,33H,13-14,18H2,1-5H3,(H,31,32). The zero-order valence-electron chi connectivity index (χ0n) is 21.5. The van der Waals surface area contributed by atoms with Gasteiger partial charge < -0.3 is 19.7 Å². The number of rotatable bonds is 9. The first-order valence-corrected chi connectivity index (χ1v) is 12.8. The third kappa shape index (κ3) is 6.25. The first-order valence-electron chi connectivity index (χ1n) is 12.0. The summed E-state index contributed by atoms with van der Waals surface area (Å²) in [6.45, 7) is 10.9. The van der Waals surface area contributed by atoms with E-state index in [1.54, 1.807) is 19.9 Å². The zero-order chi connectivity index (χ0) is 25.9. The molecule has 2 N–H and O–H groups in total. The highest BCUT2D eigenvalue weighted by Crippen LogP contribution is 2.35. The lowest BCUT2D eigenvalue weighted by atomic mass is 9.90. The zero-order valence-corrected chi connectivity index (χ0v) is 22.3. The lowest BCUT2D eigenvalue weighted by molar-refractivity contribution is 0.0553. The third-order valence-electron chi connectivity index (χ3n) is 6.24. The Kier molecular flexibility index (Phi) is 7.67. The van der Waals surface area contributed by atoms with Crippen LogP contribution in [0.5, 0.6) is 17.4 Å². The van der Waals surface area contributed by atoms with Crippen LogP contribution in [0.3, 0.4) is 0 Å². The van der Waals surface area contributed by atoms with Crippen molar-refractivity contribution in [2.24, 2.45) is 0 Å². The normalized spacial score (nSPS) is 11.5. The smallest absolute Gasteiger partial charge is 0.223 e. The molecule has 36 heavy (non-hydrogen) atoms.